The van der Waals surface area contributed by atoms with Crippen molar-refractivity contribution in [2.45, 2.75) is 26.3 Å². The van der Waals surface area contributed by atoms with Crippen LogP contribution in [0.25, 0.3) is 0 Å². The second-order valence-electron chi connectivity index (χ2n) is 5.99. The van der Waals surface area contributed by atoms with Gasteiger partial charge in [0.25, 0.3) is 5.91 Å². The van der Waals surface area contributed by atoms with E-state index in [1.807, 2.05) is 29.2 Å². The molecule has 1 amide bonds. The van der Waals surface area contributed by atoms with E-state index in [9.17, 15) is 14.9 Å². The van der Waals surface area contributed by atoms with E-state index in [0.717, 1.165) is 5.56 Å². The van der Waals surface area contributed by atoms with Gasteiger partial charge in [0.05, 0.1) is 12.5 Å². The molecule has 0 atom stereocenters. The standard InChI is InChI=1S/C19H22ClN3O3/c1-2-26-19(25)14-7-9-23(10-8-14)13-16(11-21)18(24)22-12-15-5-3-4-6-17(15)20/h3-6,13-14H,2,7-10,12H2,1H3,(H,22,24)/b16-13-. The Morgan fingerprint density at radius 2 is 2.08 bits per heavy atom. The average molecular weight is 376 g/mol. The van der Waals surface area contributed by atoms with Crippen molar-refractivity contribution < 1.29 is 14.3 Å². The van der Waals surface area contributed by atoms with E-state index in [2.05, 4.69) is 5.32 Å². The van der Waals surface area contributed by atoms with Crippen molar-refractivity contribution >= 4 is 23.5 Å². The molecule has 1 saturated heterocycles. The van der Waals surface area contributed by atoms with Crippen LogP contribution in [0.5, 0.6) is 0 Å². The quantitative estimate of drug-likeness (QED) is 0.469. The minimum atomic E-state index is -0.445. The van der Waals surface area contributed by atoms with Crippen LogP contribution in [0.1, 0.15) is 25.3 Å². The van der Waals surface area contributed by atoms with Crippen LogP contribution in [-0.4, -0.2) is 36.5 Å². The van der Waals surface area contributed by atoms with Gasteiger partial charge in [-0.3, -0.25) is 9.59 Å². The van der Waals surface area contributed by atoms with Gasteiger partial charge in [-0.25, -0.2) is 0 Å². The predicted octanol–water partition coefficient (Wildman–Crippen LogP) is 2.64. The van der Waals surface area contributed by atoms with E-state index in [-0.39, 0.29) is 24.0 Å². The fourth-order valence-corrected chi connectivity index (χ4v) is 2.96. The Hall–Kier alpha value is -2.52. The fraction of sp³-hybridized carbons (Fsp3) is 0.421. The monoisotopic (exact) mass is 375 g/mol. The van der Waals surface area contributed by atoms with Gasteiger partial charge in [0.1, 0.15) is 11.6 Å². The number of ether oxygens (including phenoxy) is 1. The highest BCUT2D eigenvalue weighted by Crippen LogP contribution is 2.19. The number of hydrogen-bond donors (Lipinski definition) is 1. The average Bonchev–Trinajstić information content (AvgIpc) is 2.66. The second-order valence-corrected chi connectivity index (χ2v) is 6.40. The molecule has 0 bridgehead atoms. The third-order valence-corrected chi connectivity index (χ3v) is 4.59. The first-order valence-electron chi connectivity index (χ1n) is 8.59. The normalized spacial score (nSPS) is 15.3. The Labute approximate surface area is 158 Å². The molecule has 1 aromatic carbocycles. The Morgan fingerprint density at radius 3 is 2.69 bits per heavy atom. The highest BCUT2D eigenvalue weighted by molar-refractivity contribution is 6.31. The zero-order chi connectivity index (χ0) is 18.9. The van der Waals surface area contributed by atoms with E-state index in [1.54, 1.807) is 19.2 Å². The van der Waals surface area contributed by atoms with Crippen LogP contribution in [0.4, 0.5) is 0 Å². The molecular formula is C19H22ClN3O3. The summed E-state index contributed by atoms with van der Waals surface area (Å²) in [6.07, 6.45) is 2.86. The summed E-state index contributed by atoms with van der Waals surface area (Å²) in [5.41, 5.74) is 0.821. The maximum Gasteiger partial charge on any atom is 0.309 e. The molecular weight excluding hydrogens is 354 g/mol. The van der Waals surface area contributed by atoms with Gasteiger partial charge in [-0.05, 0) is 31.4 Å². The molecule has 0 spiro atoms. The fourth-order valence-electron chi connectivity index (χ4n) is 2.76. The van der Waals surface area contributed by atoms with Crippen molar-refractivity contribution in [3.05, 3.63) is 46.6 Å². The zero-order valence-electron chi connectivity index (χ0n) is 14.7. The topological polar surface area (TPSA) is 82.4 Å². The minimum absolute atomic E-state index is 0.0339. The van der Waals surface area contributed by atoms with Crippen LogP contribution < -0.4 is 5.32 Å². The molecule has 0 aliphatic carbocycles. The first kappa shape index (κ1) is 19.8. The second kappa shape index (κ2) is 9.83. The van der Waals surface area contributed by atoms with Crippen LogP contribution in [0.3, 0.4) is 0 Å². The number of amides is 1. The molecule has 0 aromatic heterocycles. The summed E-state index contributed by atoms with van der Waals surface area (Å²) in [6, 6.07) is 9.15. The van der Waals surface area contributed by atoms with Gasteiger partial charge in [-0.1, -0.05) is 29.8 Å². The molecule has 1 aliphatic heterocycles. The lowest BCUT2D eigenvalue weighted by Crippen LogP contribution is -2.35. The van der Waals surface area contributed by atoms with Gasteiger partial charge in [-0.15, -0.1) is 0 Å². The number of esters is 1. The van der Waals surface area contributed by atoms with Crippen molar-refractivity contribution in [1.29, 1.82) is 5.26 Å². The van der Waals surface area contributed by atoms with Crippen molar-refractivity contribution in [1.82, 2.24) is 10.2 Å². The molecule has 26 heavy (non-hydrogen) atoms. The maximum absolute atomic E-state index is 12.2. The third kappa shape index (κ3) is 5.50. The summed E-state index contributed by atoms with van der Waals surface area (Å²) in [5, 5.41) is 12.6. The van der Waals surface area contributed by atoms with Crippen LogP contribution >= 0.6 is 11.6 Å². The van der Waals surface area contributed by atoms with Gasteiger partial charge in [-0.2, -0.15) is 5.26 Å². The van der Waals surface area contributed by atoms with Crippen LogP contribution in [0.2, 0.25) is 5.02 Å². The summed E-state index contributed by atoms with van der Waals surface area (Å²) in [6.45, 7) is 3.63. The van der Waals surface area contributed by atoms with Gasteiger partial charge >= 0.3 is 5.97 Å². The Kier molecular flexibility index (Phi) is 7.49. The summed E-state index contributed by atoms with van der Waals surface area (Å²) < 4.78 is 5.04. The van der Waals surface area contributed by atoms with E-state index in [0.29, 0.717) is 37.6 Å². The molecule has 1 aromatic rings. The van der Waals surface area contributed by atoms with Crippen molar-refractivity contribution in [2.24, 2.45) is 5.92 Å². The highest BCUT2D eigenvalue weighted by atomic mass is 35.5. The lowest BCUT2D eigenvalue weighted by molar-refractivity contribution is -0.149. The molecule has 2 rings (SSSR count). The first-order valence-corrected chi connectivity index (χ1v) is 8.97. The van der Waals surface area contributed by atoms with Gasteiger partial charge in [0.2, 0.25) is 0 Å². The number of halogens is 1. The van der Waals surface area contributed by atoms with E-state index in [1.165, 1.54) is 0 Å². The smallest absolute Gasteiger partial charge is 0.309 e. The summed E-state index contributed by atoms with van der Waals surface area (Å²) in [7, 11) is 0. The lowest BCUT2D eigenvalue weighted by Gasteiger charge is -2.30. The van der Waals surface area contributed by atoms with Gasteiger partial charge in [0.15, 0.2) is 0 Å². The molecule has 138 valence electrons. The highest BCUT2D eigenvalue weighted by Gasteiger charge is 2.25. The minimum Gasteiger partial charge on any atom is -0.466 e. The Morgan fingerprint density at radius 1 is 1.38 bits per heavy atom. The zero-order valence-corrected chi connectivity index (χ0v) is 15.5. The van der Waals surface area contributed by atoms with Crippen molar-refractivity contribution in [2.75, 3.05) is 19.7 Å². The van der Waals surface area contributed by atoms with Crippen molar-refractivity contribution in [3.63, 3.8) is 0 Å². The molecule has 0 saturated carbocycles. The van der Waals surface area contributed by atoms with Crippen LogP contribution in [0, 0.1) is 17.2 Å². The molecule has 6 nitrogen and oxygen atoms in total. The summed E-state index contributed by atoms with van der Waals surface area (Å²) in [4.78, 5) is 25.9. The molecule has 0 unspecified atom stereocenters. The van der Waals surface area contributed by atoms with E-state index < -0.39 is 5.91 Å². The Balaban J connectivity index is 1.89. The predicted molar refractivity (Wildman–Crippen MR) is 97.9 cm³/mol. The van der Waals surface area contributed by atoms with Crippen LogP contribution in [0.15, 0.2) is 36.0 Å². The SMILES string of the molecule is CCOC(=O)C1CCN(/C=C(/C#N)C(=O)NCc2ccccc2Cl)CC1. The summed E-state index contributed by atoms with van der Waals surface area (Å²) >= 11 is 6.06. The lowest BCUT2D eigenvalue weighted by atomic mass is 9.97. The number of likely N-dealkylation sites (tertiary alicyclic amines) is 1. The molecule has 1 fully saturated rings. The number of carbonyl (C=O) groups excluding carboxylic acids is 2. The number of nitrogens with zero attached hydrogens (tertiary/aromatic N) is 2. The molecule has 1 N–H and O–H groups in total. The third-order valence-electron chi connectivity index (χ3n) is 4.22. The maximum atomic E-state index is 12.2. The first-order chi connectivity index (χ1) is 12.5. The number of rotatable bonds is 6. The van der Waals surface area contributed by atoms with E-state index >= 15 is 0 Å². The Bertz CT molecular complexity index is 719. The number of nitrogens with one attached hydrogen (secondary N) is 1. The van der Waals surface area contributed by atoms with Crippen LogP contribution in [-0.2, 0) is 20.9 Å². The number of benzene rings is 1. The number of carbonyl (C=O) groups is 2. The number of hydrogen-bond acceptors (Lipinski definition) is 5. The van der Waals surface area contributed by atoms with Gasteiger partial charge in [0, 0.05) is 30.9 Å². The molecule has 7 heteroatoms. The molecule has 1 heterocycles. The molecule has 1 aliphatic rings. The number of nitriles is 1. The van der Waals surface area contributed by atoms with E-state index in [4.69, 9.17) is 16.3 Å². The summed E-state index contributed by atoms with van der Waals surface area (Å²) in [5.74, 6) is -0.728. The molecule has 0 radical (unpaired) electrons. The van der Waals surface area contributed by atoms with Gasteiger partial charge < -0.3 is 15.0 Å². The largest absolute Gasteiger partial charge is 0.466 e. The van der Waals surface area contributed by atoms with Crippen molar-refractivity contribution in [3.8, 4) is 6.07 Å². The number of piperidine rings is 1.